The molecule has 1 saturated carbocycles. The summed E-state index contributed by atoms with van der Waals surface area (Å²) in [5, 5.41) is 34.1. The maximum absolute atomic E-state index is 14.3. The summed E-state index contributed by atoms with van der Waals surface area (Å²) < 4.78 is 29.7. The Morgan fingerprint density at radius 1 is 0.911 bits per heavy atom. The SMILES string of the molecule is CC[C@@H]1/C=C(\C)C[C@H](C)C[C@H](OC)[C@H]2O[C@@](O)(C(=O)C(=O)N3CCCC[C@H]3C(=O)O[C@H](C(C)=C[C@@H]3CC[C@@H](O)[C@H](OC)C3)[C@H](C)[C@@H](O)CC1=O)[C@H](C)C[C@@H]2OC. The lowest BCUT2D eigenvalue weighted by molar-refractivity contribution is -0.302. The van der Waals surface area contributed by atoms with Crippen LogP contribution in [0, 0.1) is 29.6 Å². The van der Waals surface area contributed by atoms with Crippen molar-refractivity contribution in [2.45, 2.75) is 167 Å². The highest BCUT2D eigenvalue weighted by molar-refractivity contribution is 6.39. The molecule has 0 radical (unpaired) electrons. The molecule has 318 valence electrons. The summed E-state index contributed by atoms with van der Waals surface area (Å²) in [5.41, 5.74) is 1.66. The lowest BCUT2D eigenvalue weighted by Crippen LogP contribution is -2.64. The summed E-state index contributed by atoms with van der Waals surface area (Å²) >= 11 is 0. The van der Waals surface area contributed by atoms with E-state index in [1.54, 1.807) is 21.0 Å². The van der Waals surface area contributed by atoms with Gasteiger partial charge in [0, 0.05) is 52.0 Å². The second-order valence-corrected chi connectivity index (χ2v) is 17.2. The second kappa shape index (κ2) is 20.4. The van der Waals surface area contributed by atoms with E-state index in [-0.39, 0.29) is 49.5 Å². The van der Waals surface area contributed by atoms with E-state index in [0.717, 1.165) is 5.57 Å². The van der Waals surface area contributed by atoms with Crippen molar-refractivity contribution in [1.82, 2.24) is 4.90 Å². The number of ether oxygens (including phenoxy) is 5. The smallest absolute Gasteiger partial charge is 0.329 e. The zero-order valence-electron chi connectivity index (χ0n) is 35.1. The third-order valence-corrected chi connectivity index (χ3v) is 12.9. The van der Waals surface area contributed by atoms with Crippen LogP contribution in [0.25, 0.3) is 0 Å². The van der Waals surface area contributed by atoms with Gasteiger partial charge in [-0.3, -0.25) is 14.4 Å². The van der Waals surface area contributed by atoms with Gasteiger partial charge in [-0.2, -0.15) is 0 Å². The molecule has 13 nitrogen and oxygen atoms in total. The zero-order chi connectivity index (χ0) is 41.5. The van der Waals surface area contributed by atoms with Gasteiger partial charge in [-0.15, -0.1) is 0 Å². The van der Waals surface area contributed by atoms with Gasteiger partial charge in [-0.1, -0.05) is 45.4 Å². The van der Waals surface area contributed by atoms with E-state index in [2.05, 4.69) is 6.92 Å². The number of fused-ring (bicyclic) bond motifs is 3. The molecule has 2 bridgehead atoms. The minimum Gasteiger partial charge on any atom is -0.456 e. The highest BCUT2D eigenvalue weighted by Gasteiger charge is 2.56. The van der Waals surface area contributed by atoms with Crippen molar-refractivity contribution in [1.29, 1.82) is 0 Å². The predicted molar refractivity (Wildman–Crippen MR) is 208 cm³/mol. The van der Waals surface area contributed by atoms with Crippen molar-refractivity contribution in [2.24, 2.45) is 29.6 Å². The summed E-state index contributed by atoms with van der Waals surface area (Å²) in [6.07, 6.45) is 3.72. The highest BCUT2D eigenvalue weighted by Crippen LogP contribution is 2.39. The molecule has 4 rings (SSSR count). The maximum Gasteiger partial charge on any atom is 0.329 e. The molecule has 13 heteroatoms. The number of hydrogen-bond donors (Lipinski definition) is 3. The lowest BCUT2D eigenvalue weighted by Gasteiger charge is -2.47. The van der Waals surface area contributed by atoms with E-state index in [1.807, 2.05) is 32.9 Å². The number of hydrogen-bond acceptors (Lipinski definition) is 12. The quantitative estimate of drug-likeness (QED) is 0.196. The summed E-state index contributed by atoms with van der Waals surface area (Å²) in [6.45, 7) is 11.3. The number of carbonyl (C=O) groups excluding carboxylic acids is 4. The summed E-state index contributed by atoms with van der Waals surface area (Å²) in [6, 6.07) is -1.13. The van der Waals surface area contributed by atoms with Crippen molar-refractivity contribution in [3.8, 4) is 0 Å². The number of esters is 1. The third-order valence-electron chi connectivity index (χ3n) is 12.9. The molecule has 3 aliphatic heterocycles. The number of methoxy groups -OCH3 is 3. The average molecular weight is 792 g/mol. The van der Waals surface area contributed by atoms with Crippen molar-refractivity contribution in [3.05, 3.63) is 23.3 Å². The summed E-state index contributed by atoms with van der Waals surface area (Å²) in [7, 11) is 4.63. The van der Waals surface area contributed by atoms with Crippen LogP contribution in [-0.2, 0) is 42.9 Å². The van der Waals surface area contributed by atoms with Gasteiger partial charge in [0.15, 0.2) is 0 Å². The van der Waals surface area contributed by atoms with Gasteiger partial charge in [-0.05, 0) is 95.5 Å². The zero-order valence-corrected chi connectivity index (χ0v) is 35.1. The standard InChI is InChI=1S/C43H69NO12/c1-10-30-18-24(2)17-25(3)19-36(53-8)39-37(54-9)21-27(5)43(51,56-39)40(48)41(49)44-16-12-11-13-31(44)42(50)55-38(28(6)33(46)23-34(30)47)26(4)20-29-14-15-32(45)35(22-29)52-7/h18,20,25,27-33,35-39,45-46,51H,10-17,19,21-23H2,1-9H3/b24-18+,26-20?/t25-,27+,28+,29-,30+,31-,32+,33-,35+,36-,37-,38+,39+,43+/m0/s1. The Hall–Kier alpha value is -2.52. The molecule has 1 aliphatic carbocycles. The number of Topliss-reactive ketones (excluding diaryl/α,β-unsaturated/α-hetero) is 2. The van der Waals surface area contributed by atoms with Crippen LogP contribution >= 0.6 is 0 Å². The number of carbonyl (C=O) groups is 4. The molecule has 3 fully saturated rings. The number of cyclic esters (lactones) is 1. The van der Waals surface area contributed by atoms with E-state index >= 15 is 0 Å². The Labute approximate surface area is 333 Å². The molecule has 56 heavy (non-hydrogen) atoms. The van der Waals surface area contributed by atoms with E-state index in [1.165, 1.54) is 19.1 Å². The number of rotatable bonds is 6. The minimum absolute atomic E-state index is 0.000914. The molecule has 0 aromatic heterocycles. The van der Waals surface area contributed by atoms with Crippen LogP contribution in [0.1, 0.15) is 112 Å². The first kappa shape index (κ1) is 46.2. The van der Waals surface area contributed by atoms with Crippen molar-refractivity contribution in [3.63, 3.8) is 0 Å². The topological polar surface area (TPSA) is 178 Å². The second-order valence-electron chi connectivity index (χ2n) is 17.2. The number of ketones is 2. The Morgan fingerprint density at radius 2 is 1.57 bits per heavy atom. The molecular weight excluding hydrogens is 722 g/mol. The number of allylic oxidation sites excluding steroid dienone is 3. The van der Waals surface area contributed by atoms with Crippen LogP contribution < -0.4 is 0 Å². The van der Waals surface area contributed by atoms with Gasteiger partial charge in [0.2, 0.25) is 5.79 Å². The van der Waals surface area contributed by atoms with Crippen molar-refractivity contribution >= 4 is 23.4 Å². The molecule has 2 saturated heterocycles. The molecule has 3 heterocycles. The highest BCUT2D eigenvalue weighted by atomic mass is 16.7. The molecule has 0 unspecified atom stereocenters. The van der Waals surface area contributed by atoms with Gasteiger partial charge in [-0.25, -0.2) is 4.79 Å². The van der Waals surface area contributed by atoms with Crippen LogP contribution in [0.3, 0.4) is 0 Å². The fourth-order valence-corrected chi connectivity index (χ4v) is 9.39. The number of piperidine rings is 1. The van der Waals surface area contributed by atoms with E-state index in [9.17, 15) is 34.5 Å². The molecule has 0 spiro atoms. The van der Waals surface area contributed by atoms with E-state index in [0.29, 0.717) is 56.9 Å². The number of aliphatic hydroxyl groups excluding tert-OH is 2. The number of amides is 1. The first-order valence-electron chi connectivity index (χ1n) is 20.8. The molecule has 1 amide bonds. The monoisotopic (exact) mass is 791 g/mol. The molecular formula is C43H69NO12. The van der Waals surface area contributed by atoms with Gasteiger partial charge in [0.1, 0.15) is 24.0 Å². The Bertz CT molecular complexity index is 1430. The Kier molecular flexibility index (Phi) is 16.9. The average Bonchev–Trinajstić information content (AvgIpc) is 3.18. The first-order valence-corrected chi connectivity index (χ1v) is 20.8. The van der Waals surface area contributed by atoms with Gasteiger partial charge >= 0.3 is 5.97 Å². The van der Waals surface area contributed by atoms with Crippen LogP contribution in [0.4, 0.5) is 0 Å². The van der Waals surface area contributed by atoms with E-state index in [4.69, 9.17) is 23.7 Å². The largest absolute Gasteiger partial charge is 0.456 e. The number of aliphatic hydroxyl groups is 3. The first-order chi connectivity index (χ1) is 26.5. The number of nitrogens with zero attached hydrogens (tertiary/aromatic N) is 1. The van der Waals surface area contributed by atoms with Crippen LogP contribution in [-0.4, -0.2) is 126 Å². The fourth-order valence-electron chi connectivity index (χ4n) is 9.39. The summed E-state index contributed by atoms with van der Waals surface area (Å²) in [5.74, 6) is -7.50. The third kappa shape index (κ3) is 10.7. The maximum atomic E-state index is 14.3. The summed E-state index contributed by atoms with van der Waals surface area (Å²) in [4.78, 5) is 57.6. The van der Waals surface area contributed by atoms with E-state index < -0.39 is 83.9 Å². The lowest BCUT2D eigenvalue weighted by atomic mass is 9.81. The molecule has 3 N–H and O–H groups in total. The fraction of sp³-hybridized carbons (Fsp3) is 0.814. The van der Waals surface area contributed by atoms with Crippen molar-refractivity contribution < 1.29 is 58.2 Å². The Balaban J connectivity index is 1.76. The molecule has 4 aliphatic rings. The molecule has 0 aromatic carbocycles. The molecule has 0 aromatic rings. The minimum atomic E-state index is -2.50. The Morgan fingerprint density at radius 3 is 2.21 bits per heavy atom. The van der Waals surface area contributed by atoms with Crippen LogP contribution in [0.15, 0.2) is 23.3 Å². The predicted octanol–water partition coefficient (Wildman–Crippen LogP) is 4.47. The van der Waals surface area contributed by atoms with Crippen molar-refractivity contribution in [2.75, 3.05) is 27.9 Å². The van der Waals surface area contributed by atoms with Crippen LogP contribution in [0.2, 0.25) is 0 Å². The normalized spacial score (nSPS) is 41.6. The van der Waals surface area contributed by atoms with Gasteiger partial charge in [0.05, 0.1) is 30.5 Å². The van der Waals surface area contributed by atoms with Gasteiger partial charge < -0.3 is 43.9 Å². The van der Waals surface area contributed by atoms with Gasteiger partial charge in [0.25, 0.3) is 11.7 Å². The van der Waals surface area contributed by atoms with Crippen LogP contribution in [0.5, 0.6) is 0 Å². The molecule has 14 atom stereocenters.